The minimum absolute atomic E-state index is 0. The van der Waals surface area contributed by atoms with E-state index >= 15 is 0 Å². The maximum atomic E-state index is 11.5. The molecule has 0 saturated carbocycles. The van der Waals surface area contributed by atoms with Crippen LogP contribution in [-0.4, -0.2) is 5.78 Å². The molecule has 186 valence electrons. The van der Waals surface area contributed by atoms with Gasteiger partial charge >= 0.3 is 0 Å². The van der Waals surface area contributed by atoms with Crippen LogP contribution >= 0.6 is 0 Å². The molecule has 0 N–H and O–H groups in total. The molecule has 0 aliphatic carbocycles. The minimum Gasteiger partial charge on any atom is -0.300 e. The Kier molecular flexibility index (Phi) is 67.6. The van der Waals surface area contributed by atoms with Crippen molar-refractivity contribution in [1.82, 2.24) is 0 Å². The highest BCUT2D eigenvalue weighted by molar-refractivity contribution is 5.78. The van der Waals surface area contributed by atoms with Crippen molar-refractivity contribution < 1.29 is 4.79 Å². The van der Waals surface area contributed by atoms with Crippen LogP contribution < -0.4 is 0 Å². The van der Waals surface area contributed by atoms with E-state index in [4.69, 9.17) is 0 Å². The Labute approximate surface area is 191 Å². The summed E-state index contributed by atoms with van der Waals surface area (Å²) < 4.78 is 0. The summed E-state index contributed by atoms with van der Waals surface area (Å²) in [5, 5.41) is 0. The number of unbranched alkanes of at least 4 members (excludes halogenated alkanes) is 15. The van der Waals surface area contributed by atoms with Crippen molar-refractivity contribution in [3.63, 3.8) is 0 Å². The Morgan fingerprint density at radius 3 is 0.931 bits per heavy atom. The largest absolute Gasteiger partial charge is 0.300 e. The zero-order valence-electron chi connectivity index (χ0n) is 16.3. The maximum absolute atomic E-state index is 11.5. The first kappa shape index (κ1) is 46.7. The van der Waals surface area contributed by atoms with Crippen LogP contribution in [0.2, 0.25) is 0 Å². The van der Waals surface area contributed by atoms with Gasteiger partial charge in [0, 0.05) is 12.8 Å². The van der Waals surface area contributed by atoms with Crippen molar-refractivity contribution in [3.05, 3.63) is 0 Å². The first-order chi connectivity index (χ1) is 11.3. The van der Waals surface area contributed by atoms with Crippen LogP contribution in [0.1, 0.15) is 180 Å². The number of ketones is 1. The van der Waals surface area contributed by atoms with Crippen molar-refractivity contribution in [1.29, 1.82) is 0 Å². The summed E-state index contributed by atoms with van der Waals surface area (Å²) in [6.07, 6.45) is 24.7. The predicted molar refractivity (Wildman–Crippen MR) is 144 cm³/mol. The van der Waals surface area contributed by atoms with Crippen molar-refractivity contribution in [3.8, 4) is 0 Å². The molecule has 0 aromatic rings. The number of carbonyl (C=O) groups excluding carboxylic acids is 1. The van der Waals surface area contributed by atoms with E-state index in [1.807, 2.05) is 0 Å². The smallest absolute Gasteiger partial charge is 0.132 e. The molecule has 0 fully saturated rings. The van der Waals surface area contributed by atoms with Gasteiger partial charge in [0.1, 0.15) is 5.78 Å². The maximum Gasteiger partial charge on any atom is 0.132 e. The average Bonchev–Trinajstić information content (AvgIpc) is 2.56. The molecule has 0 spiro atoms. The van der Waals surface area contributed by atoms with Gasteiger partial charge < -0.3 is 0 Å². The van der Waals surface area contributed by atoms with E-state index in [0.717, 1.165) is 32.1 Å². The number of Topliss-reactive ketones (excluding diaryl/α,β-unsaturated/α-hetero) is 1. The number of hydrogen-bond donors (Lipinski definition) is 0. The van der Waals surface area contributed by atoms with Crippen LogP contribution in [0.25, 0.3) is 0 Å². The summed E-state index contributed by atoms with van der Waals surface area (Å²) >= 11 is 0. The Balaban J connectivity index is -0.000000161. The van der Waals surface area contributed by atoms with E-state index in [9.17, 15) is 4.79 Å². The zero-order valence-corrected chi connectivity index (χ0v) is 16.3. The van der Waals surface area contributed by atoms with Gasteiger partial charge in [0.25, 0.3) is 0 Å². The minimum atomic E-state index is 0. The van der Waals surface area contributed by atoms with Gasteiger partial charge in [-0.05, 0) is 12.8 Å². The lowest BCUT2D eigenvalue weighted by molar-refractivity contribution is -0.119. The van der Waals surface area contributed by atoms with Crippen molar-refractivity contribution >= 4 is 5.78 Å². The van der Waals surface area contributed by atoms with E-state index in [-0.39, 0.29) is 44.6 Å². The number of rotatable bonds is 19. The van der Waals surface area contributed by atoms with Crippen LogP contribution in [0.3, 0.4) is 0 Å². The lowest BCUT2D eigenvalue weighted by Gasteiger charge is -2.03. The van der Waals surface area contributed by atoms with Crippen molar-refractivity contribution in [2.24, 2.45) is 0 Å². The van der Waals surface area contributed by atoms with Crippen molar-refractivity contribution in [2.75, 3.05) is 0 Å². The normalized spacial score (nSPS) is 8.76. The molecule has 1 heteroatoms. The van der Waals surface area contributed by atoms with E-state index < -0.39 is 0 Å². The molecule has 0 bridgehead atoms. The van der Waals surface area contributed by atoms with E-state index in [1.165, 1.54) is 89.9 Å². The lowest BCUT2D eigenvalue weighted by atomic mass is 10.0. The topological polar surface area (TPSA) is 17.1 Å². The fraction of sp³-hybridized carbons (Fsp3) is 0.964. The highest BCUT2D eigenvalue weighted by Gasteiger charge is 2.00. The van der Waals surface area contributed by atoms with E-state index in [0.29, 0.717) is 5.78 Å². The van der Waals surface area contributed by atoms with Crippen LogP contribution in [-0.2, 0) is 4.79 Å². The van der Waals surface area contributed by atoms with Crippen molar-refractivity contribution in [2.45, 2.75) is 180 Å². The van der Waals surface area contributed by atoms with Gasteiger partial charge in [-0.3, -0.25) is 4.79 Å². The summed E-state index contributed by atoms with van der Waals surface area (Å²) in [7, 11) is 0. The Morgan fingerprint density at radius 1 is 0.379 bits per heavy atom. The molecule has 0 atom stereocenters. The molecule has 0 aromatic carbocycles. The molecule has 0 rings (SSSR count). The molecule has 0 amide bonds. The summed E-state index contributed by atoms with van der Waals surface area (Å²) in [4.78, 5) is 11.5. The highest BCUT2D eigenvalue weighted by Crippen LogP contribution is 2.14. The van der Waals surface area contributed by atoms with Crippen LogP contribution in [0.4, 0.5) is 0 Å². The summed E-state index contributed by atoms with van der Waals surface area (Å²) in [6, 6.07) is 0. The molecule has 0 aliphatic heterocycles. The second-order valence-corrected chi connectivity index (χ2v) is 7.34. The number of carbonyl (C=O) groups is 1. The molecule has 29 heavy (non-hydrogen) atoms. The Bertz CT molecular complexity index is 234. The summed E-state index contributed by atoms with van der Waals surface area (Å²) in [5.74, 6) is 0.488. The van der Waals surface area contributed by atoms with Gasteiger partial charge in [0.05, 0.1) is 0 Å². The Hall–Kier alpha value is -0.330. The fourth-order valence-corrected chi connectivity index (χ4v) is 3.19. The fourth-order valence-electron chi connectivity index (χ4n) is 3.19. The molecule has 1 nitrogen and oxygen atoms in total. The first-order valence-electron chi connectivity index (χ1n) is 10.8. The summed E-state index contributed by atoms with van der Waals surface area (Å²) in [5.41, 5.74) is 0. The lowest BCUT2D eigenvalue weighted by Crippen LogP contribution is -1.96. The van der Waals surface area contributed by atoms with Gasteiger partial charge in [0.2, 0.25) is 0 Å². The second kappa shape index (κ2) is 41.9. The first-order valence-corrected chi connectivity index (χ1v) is 10.8. The highest BCUT2D eigenvalue weighted by atomic mass is 16.1. The molecule has 0 aromatic heterocycles. The molecular weight excluding hydrogens is 352 g/mol. The van der Waals surface area contributed by atoms with Gasteiger partial charge in [-0.25, -0.2) is 0 Å². The van der Waals surface area contributed by atoms with Crippen LogP contribution in [0, 0.1) is 0 Å². The van der Waals surface area contributed by atoms with E-state index in [2.05, 4.69) is 13.8 Å². The standard InChI is InChI=1S/C22H44O.6CH4/c1-3-5-7-8-9-10-11-12-13-14-15-16-17-18-19-21-22(23)20-6-4-2;;;;;;/h3-21H2,1-2H3;6*1H4. The van der Waals surface area contributed by atoms with Gasteiger partial charge in [-0.2, -0.15) is 0 Å². The molecule has 0 radical (unpaired) electrons. The van der Waals surface area contributed by atoms with Gasteiger partial charge in [-0.1, -0.05) is 155 Å². The molecule has 0 aliphatic rings. The SMILES string of the molecule is C.C.C.C.C.C.CCCCCCCCCCCCCCCCCC(=O)CCCC. The zero-order chi connectivity index (χ0) is 17.0. The second-order valence-electron chi connectivity index (χ2n) is 7.34. The third-order valence-corrected chi connectivity index (χ3v) is 4.87. The quantitative estimate of drug-likeness (QED) is 0.190. The molecule has 0 unspecified atom stereocenters. The monoisotopic (exact) mass is 421 g/mol. The molecular formula is C28H68O. The summed E-state index contributed by atoms with van der Waals surface area (Å²) in [6.45, 7) is 4.44. The Morgan fingerprint density at radius 2 is 0.621 bits per heavy atom. The van der Waals surface area contributed by atoms with Crippen LogP contribution in [0.5, 0.6) is 0 Å². The number of hydrogen-bond acceptors (Lipinski definition) is 1. The average molecular weight is 421 g/mol. The van der Waals surface area contributed by atoms with Gasteiger partial charge in [0.15, 0.2) is 0 Å². The van der Waals surface area contributed by atoms with Gasteiger partial charge in [-0.15, -0.1) is 0 Å². The van der Waals surface area contributed by atoms with Crippen LogP contribution in [0.15, 0.2) is 0 Å². The molecule has 0 saturated heterocycles. The third-order valence-electron chi connectivity index (χ3n) is 4.87. The predicted octanol–water partition coefficient (Wildman–Crippen LogP) is 11.8. The molecule has 0 heterocycles. The van der Waals surface area contributed by atoms with E-state index in [1.54, 1.807) is 0 Å². The third kappa shape index (κ3) is 42.7.